The minimum atomic E-state index is -0.337. The molecule has 2 rings (SSSR count). The second-order valence-electron chi connectivity index (χ2n) is 4.37. The highest BCUT2D eigenvalue weighted by Gasteiger charge is 2.07. The third kappa shape index (κ3) is 4.64. The molecule has 0 aliphatic carbocycles. The standard InChI is InChI=1S/C14H15N3O4/c1-9-6-14(17-21-9)20-8-13(19)16-12-5-3-4-11(7-12)15-10(2)18/h3-7H,8H2,1-2H3,(H,15,18)(H,16,19). The Morgan fingerprint density at radius 1 is 1.24 bits per heavy atom. The van der Waals surface area contributed by atoms with Crippen molar-refractivity contribution in [1.29, 1.82) is 0 Å². The molecule has 0 spiro atoms. The van der Waals surface area contributed by atoms with Crippen molar-refractivity contribution in [2.75, 3.05) is 17.2 Å². The van der Waals surface area contributed by atoms with E-state index in [9.17, 15) is 9.59 Å². The number of benzene rings is 1. The van der Waals surface area contributed by atoms with Gasteiger partial charge in [0.1, 0.15) is 5.76 Å². The fourth-order valence-electron chi connectivity index (χ4n) is 1.63. The summed E-state index contributed by atoms with van der Waals surface area (Å²) in [5.74, 6) is 0.349. The first-order valence-corrected chi connectivity index (χ1v) is 6.26. The summed E-state index contributed by atoms with van der Waals surface area (Å²) in [6.45, 7) is 2.96. The molecule has 0 bridgehead atoms. The van der Waals surface area contributed by atoms with Crippen molar-refractivity contribution >= 4 is 23.2 Å². The van der Waals surface area contributed by atoms with Crippen LogP contribution in [0.3, 0.4) is 0 Å². The Balaban J connectivity index is 1.88. The summed E-state index contributed by atoms with van der Waals surface area (Å²) in [6, 6.07) is 8.40. The zero-order valence-electron chi connectivity index (χ0n) is 11.7. The summed E-state index contributed by atoms with van der Waals surface area (Å²) in [7, 11) is 0. The summed E-state index contributed by atoms with van der Waals surface area (Å²) in [4.78, 5) is 22.7. The van der Waals surface area contributed by atoms with Crippen molar-refractivity contribution in [2.45, 2.75) is 13.8 Å². The molecule has 2 N–H and O–H groups in total. The van der Waals surface area contributed by atoms with Gasteiger partial charge in [0.25, 0.3) is 11.8 Å². The molecule has 21 heavy (non-hydrogen) atoms. The molecule has 2 aromatic rings. The molecule has 2 amide bonds. The van der Waals surface area contributed by atoms with Crippen LogP contribution in [-0.4, -0.2) is 23.6 Å². The molecule has 0 atom stereocenters. The molecule has 1 heterocycles. The SMILES string of the molecule is CC(=O)Nc1cccc(NC(=O)COc2cc(C)on2)c1. The van der Waals surface area contributed by atoms with Crippen LogP contribution in [0.1, 0.15) is 12.7 Å². The van der Waals surface area contributed by atoms with Gasteiger partial charge in [-0.1, -0.05) is 6.07 Å². The number of ether oxygens (including phenoxy) is 1. The van der Waals surface area contributed by atoms with Crippen LogP contribution >= 0.6 is 0 Å². The van der Waals surface area contributed by atoms with Crippen molar-refractivity contribution in [2.24, 2.45) is 0 Å². The number of hydrogen-bond donors (Lipinski definition) is 2. The normalized spacial score (nSPS) is 10.0. The lowest BCUT2D eigenvalue weighted by molar-refractivity contribution is -0.118. The maximum absolute atomic E-state index is 11.7. The number of hydrogen-bond acceptors (Lipinski definition) is 5. The number of nitrogens with zero attached hydrogens (tertiary/aromatic N) is 1. The third-order valence-corrected chi connectivity index (χ3v) is 2.42. The number of carbonyl (C=O) groups is 2. The summed E-state index contributed by atoms with van der Waals surface area (Å²) < 4.78 is 9.99. The molecule has 1 aromatic carbocycles. The van der Waals surface area contributed by atoms with Crippen molar-refractivity contribution in [3.8, 4) is 5.88 Å². The molecule has 110 valence electrons. The van der Waals surface area contributed by atoms with Gasteiger partial charge in [-0.05, 0) is 30.3 Å². The Hall–Kier alpha value is -2.83. The second kappa shape index (κ2) is 6.56. The molecular formula is C14H15N3O4. The van der Waals surface area contributed by atoms with E-state index in [0.29, 0.717) is 17.1 Å². The number of aromatic nitrogens is 1. The van der Waals surface area contributed by atoms with Crippen LogP contribution in [0, 0.1) is 6.92 Å². The smallest absolute Gasteiger partial charge is 0.262 e. The second-order valence-corrected chi connectivity index (χ2v) is 4.37. The van der Waals surface area contributed by atoms with Gasteiger partial charge in [0.05, 0.1) is 0 Å². The quantitative estimate of drug-likeness (QED) is 0.877. The van der Waals surface area contributed by atoms with E-state index in [1.165, 1.54) is 6.92 Å². The molecule has 0 aliphatic rings. The molecule has 0 radical (unpaired) electrons. The average molecular weight is 289 g/mol. The largest absolute Gasteiger partial charge is 0.465 e. The molecule has 0 saturated heterocycles. The Morgan fingerprint density at radius 2 is 1.95 bits per heavy atom. The number of aryl methyl sites for hydroxylation is 1. The fraction of sp³-hybridized carbons (Fsp3) is 0.214. The molecule has 7 nitrogen and oxygen atoms in total. The number of carbonyl (C=O) groups excluding carboxylic acids is 2. The van der Waals surface area contributed by atoms with Crippen molar-refractivity contribution in [3.63, 3.8) is 0 Å². The van der Waals surface area contributed by atoms with Crippen molar-refractivity contribution in [3.05, 3.63) is 36.1 Å². The molecule has 0 unspecified atom stereocenters. The van der Waals surface area contributed by atoms with E-state index in [1.807, 2.05) is 0 Å². The molecule has 0 saturated carbocycles. The number of amides is 2. The summed E-state index contributed by atoms with van der Waals surface area (Å²) in [5.41, 5.74) is 1.17. The molecule has 0 aliphatic heterocycles. The summed E-state index contributed by atoms with van der Waals surface area (Å²) in [6.07, 6.45) is 0. The Labute approximate surface area is 121 Å². The van der Waals surface area contributed by atoms with Crippen molar-refractivity contribution < 1.29 is 18.8 Å². The number of anilines is 2. The highest BCUT2D eigenvalue weighted by Crippen LogP contribution is 2.15. The van der Waals surface area contributed by atoms with Gasteiger partial charge in [-0.15, -0.1) is 0 Å². The van der Waals surface area contributed by atoms with Gasteiger partial charge in [-0.25, -0.2) is 0 Å². The van der Waals surface area contributed by atoms with Gasteiger partial charge in [0.2, 0.25) is 5.91 Å². The van der Waals surface area contributed by atoms with Crippen LogP contribution in [0.4, 0.5) is 11.4 Å². The molecular weight excluding hydrogens is 274 g/mol. The van der Waals surface area contributed by atoms with Gasteiger partial charge in [0.15, 0.2) is 6.61 Å². The predicted octanol–water partition coefficient (Wildman–Crippen LogP) is 1.96. The zero-order valence-corrected chi connectivity index (χ0v) is 11.7. The van der Waals surface area contributed by atoms with Crippen LogP contribution in [0.15, 0.2) is 34.9 Å². The highest BCUT2D eigenvalue weighted by molar-refractivity contribution is 5.94. The predicted molar refractivity (Wildman–Crippen MR) is 76.1 cm³/mol. The zero-order chi connectivity index (χ0) is 15.2. The molecule has 1 aromatic heterocycles. The molecule has 7 heteroatoms. The van der Waals surface area contributed by atoms with E-state index >= 15 is 0 Å². The van der Waals surface area contributed by atoms with E-state index in [0.717, 1.165) is 0 Å². The first-order chi connectivity index (χ1) is 10.0. The number of nitrogens with one attached hydrogen (secondary N) is 2. The van der Waals surface area contributed by atoms with Crippen LogP contribution in [-0.2, 0) is 9.59 Å². The summed E-state index contributed by atoms with van der Waals surface area (Å²) in [5, 5.41) is 8.91. The first-order valence-electron chi connectivity index (χ1n) is 6.26. The third-order valence-electron chi connectivity index (χ3n) is 2.42. The van der Waals surface area contributed by atoms with Crippen LogP contribution < -0.4 is 15.4 Å². The lowest BCUT2D eigenvalue weighted by atomic mass is 10.2. The van der Waals surface area contributed by atoms with Crippen LogP contribution in [0.25, 0.3) is 0 Å². The van der Waals surface area contributed by atoms with Crippen molar-refractivity contribution in [1.82, 2.24) is 5.16 Å². The summed E-state index contributed by atoms with van der Waals surface area (Å²) >= 11 is 0. The Bertz CT molecular complexity index is 651. The minimum Gasteiger partial charge on any atom is -0.465 e. The number of rotatable bonds is 5. The van der Waals surface area contributed by atoms with E-state index < -0.39 is 0 Å². The minimum absolute atomic E-state index is 0.178. The molecule has 0 fully saturated rings. The van der Waals surface area contributed by atoms with E-state index in [2.05, 4.69) is 15.8 Å². The van der Waals surface area contributed by atoms with Gasteiger partial charge in [0, 0.05) is 24.4 Å². The highest BCUT2D eigenvalue weighted by atomic mass is 16.5. The van der Waals surface area contributed by atoms with E-state index in [-0.39, 0.29) is 24.3 Å². The van der Waals surface area contributed by atoms with E-state index in [4.69, 9.17) is 9.26 Å². The topological polar surface area (TPSA) is 93.5 Å². The average Bonchev–Trinajstić information content (AvgIpc) is 2.82. The van der Waals surface area contributed by atoms with Gasteiger partial charge < -0.3 is 19.9 Å². The lowest BCUT2D eigenvalue weighted by Gasteiger charge is -2.07. The maximum atomic E-state index is 11.7. The van der Waals surface area contributed by atoms with Crippen LogP contribution in [0.2, 0.25) is 0 Å². The monoisotopic (exact) mass is 289 g/mol. The van der Waals surface area contributed by atoms with E-state index in [1.54, 1.807) is 37.3 Å². The Morgan fingerprint density at radius 3 is 2.57 bits per heavy atom. The lowest BCUT2D eigenvalue weighted by Crippen LogP contribution is -2.20. The fourth-order valence-corrected chi connectivity index (χ4v) is 1.63. The van der Waals surface area contributed by atoms with Gasteiger partial charge in [-0.2, -0.15) is 0 Å². The maximum Gasteiger partial charge on any atom is 0.262 e. The Kier molecular flexibility index (Phi) is 4.55. The van der Waals surface area contributed by atoms with Gasteiger partial charge in [-0.3, -0.25) is 9.59 Å². The first kappa shape index (κ1) is 14.6. The van der Waals surface area contributed by atoms with Gasteiger partial charge >= 0.3 is 0 Å². The van der Waals surface area contributed by atoms with Crippen LogP contribution in [0.5, 0.6) is 5.88 Å².